The number of carbonyl (C=O) groups excluding carboxylic acids is 3. The fraction of sp³-hybridized carbons (Fsp3) is 0.947. The van der Waals surface area contributed by atoms with Crippen molar-refractivity contribution in [2.45, 2.75) is 323 Å². The molecular formula is C57H110O6. The standard InChI is InChI=1S/C57H110O6/c1-6-7-8-9-10-11-12-22-27-32-37-42-47-55(58)61-50-54(63-57(60)49-44-39-34-29-24-19-18-21-26-31-36-41-46-53(4)5)51-62-56(59)48-43-38-33-28-23-17-15-13-14-16-20-25-30-35-40-45-52(2)3/h52-54H,6-51H2,1-5H3/t54-/m1/s1. The Labute approximate surface area is 393 Å². The van der Waals surface area contributed by atoms with Crippen molar-refractivity contribution < 1.29 is 28.6 Å². The molecule has 0 saturated heterocycles. The maximum Gasteiger partial charge on any atom is 0.306 e. The summed E-state index contributed by atoms with van der Waals surface area (Å²) in [6, 6.07) is 0. The second-order valence-corrected chi connectivity index (χ2v) is 20.5. The van der Waals surface area contributed by atoms with Crippen LogP contribution in [0, 0.1) is 11.8 Å². The molecule has 0 unspecified atom stereocenters. The molecule has 0 spiro atoms. The lowest BCUT2D eigenvalue weighted by molar-refractivity contribution is -0.167. The molecule has 0 aromatic carbocycles. The van der Waals surface area contributed by atoms with E-state index in [9.17, 15) is 14.4 Å². The molecule has 0 radical (unpaired) electrons. The number of carbonyl (C=O) groups is 3. The second kappa shape index (κ2) is 49.8. The van der Waals surface area contributed by atoms with Gasteiger partial charge in [-0.3, -0.25) is 14.4 Å². The van der Waals surface area contributed by atoms with Crippen molar-refractivity contribution in [3.8, 4) is 0 Å². The van der Waals surface area contributed by atoms with Gasteiger partial charge in [-0.1, -0.05) is 279 Å². The zero-order chi connectivity index (χ0) is 46.1. The van der Waals surface area contributed by atoms with E-state index in [2.05, 4.69) is 34.6 Å². The Balaban J connectivity index is 4.28. The van der Waals surface area contributed by atoms with Crippen molar-refractivity contribution in [2.75, 3.05) is 13.2 Å². The first-order valence-electron chi connectivity index (χ1n) is 28.2. The molecule has 0 rings (SSSR count). The Morgan fingerprint density at radius 3 is 0.778 bits per heavy atom. The van der Waals surface area contributed by atoms with Crippen LogP contribution in [0.15, 0.2) is 0 Å². The molecular weight excluding hydrogens is 781 g/mol. The van der Waals surface area contributed by atoms with Crippen LogP contribution in [0.5, 0.6) is 0 Å². The van der Waals surface area contributed by atoms with Gasteiger partial charge in [0.1, 0.15) is 13.2 Å². The van der Waals surface area contributed by atoms with Gasteiger partial charge in [0, 0.05) is 19.3 Å². The zero-order valence-corrected chi connectivity index (χ0v) is 43.2. The minimum Gasteiger partial charge on any atom is -0.462 e. The molecule has 0 saturated carbocycles. The van der Waals surface area contributed by atoms with Gasteiger partial charge in [-0.15, -0.1) is 0 Å². The fourth-order valence-electron chi connectivity index (χ4n) is 8.70. The van der Waals surface area contributed by atoms with Crippen molar-refractivity contribution in [2.24, 2.45) is 11.8 Å². The highest BCUT2D eigenvalue weighted by Gasteiger charge is 2.19. The molecule has 0 amide bonds. The summed E-state index contributed by atoms with van der Waals surface area (Å²) < 4.78 is 16.9. The van der Waals surface area contributed by atoms with Crippen LogP contribution < -0.4 is 0 Å². The third kappa shape index (κ3) is 51.3. The highest BCUT2D eigenvalue weighted by Crippen LogP contribution is 2.18. The van der Waals surface area contributed by atoms with E-state index in [0.29, 0.717) is 19.3 Å². The summed E-state index contributed by atoms with van der Waals surface area (Å²) in [7, 11) is 0. The lowest BCUT2D eigenvalue weighted by atomic mass is 10.0. The average molecular weight is 892 g/mol. The molecule has 0 fully saturated rings. The maximum absolute atomic E-state index is 12.8. The first kappa shape index (κ1) is 61.4. The number of rotatable bonds is 51. The molecule has 0 N–H and O–H groups in total. The van der Waals surface area contributed by atoms with E-state index in [1.54, 1.807) is 0 Å². The van der Waals surface area contributed by atoms with E-state index >= 15 is 0 Å². The lowest BCUT2D eigenvalue weighted by Crippen LogP contribution is -2.30. The molecule has 63 heavy (non-hydrogen) atoms. The summed E-state index contributed by atoms with van der Waals surface area (Å²) in [6.07, 6.45) is 52.3. The Bertz CT molecular complexity index is 962. The van der Waals surface area contributed by atoms with Gasteiger partial charge >= 0.3 is 17.9 Å². The molecule has 0 aliphatic rings. The van der Waals surface area contributed by atoms with Crippen LogP contribution in [-0.2, 0) is 28.6 Å². The van der Waals surface area contributed by atoms with Crippen LogP contribution in [0.2, 0.25) is 0 Å². The summed E-state index contributed by atoms with van der Waals surface area (Å²) in [6.45, 7) is 11.4. The smallest absolute Gasteiger partial charge is 0.306 e. The molecule has 0 aromatic heterocycles. The second-order valence-electron chi connectivity index (χ2n) is 20.5. The van der Waals surface area contributed by atoms with Gasteiger partial charge in [0.15, 0.2) is 6.10 Å². The third-order valence-electron chi connectivity index (χ3n) is 13.0. The van der Waals surface area contributed by atoms with E-state index in [1.165, 1.54) is 205 Å². The molecule has 374 valence electrons. The van der Waals surface area contributed by atoms with Crippen molar-refractivity contribution in [3.05, 3.63) is 0 Å². The maximum atomic E-state index is 12.8. The molecule has 0 heterocycles. The van der Waals surface area contributed by atoms with Gasteiger partial charge in [-0.25, -0.2) is 0 Å². The van der Waals surface area contributed by atoms with Crippen LogP contribution in [0.25, 0.3) is 0 Å². The first-order chi connectivity index (χ1) is 30.7. The number of esters is 3. The van der Waals surface area contributed by atoms with Crippen LogP contribution in [0.1, 0.15) is 317 Å². The van der Waals surface area contributed by atoms with Gasteiger partial charge in [-0.2, -0.15) is 0 Å². The van der Waals surface area contributed by atoms with Crippen molar-refractivity contribution in [3.63, 3.8) is 0 Å². The molecule has 0 aliphatic carbocycles. The quantitative estimate of drug-likeness (QED) is 0.0344. The van der Waals surface area contributed by atoms with E-state index in [4.69, 9.17) is 14.2 Å². The Morgan fingerprint density at radius 2 is 0.524 bits per heavy atom. The van der Waals surface area contributed by atoms with Gasteiger partial charge in [0.2, 0.25) is 0 Å². The monoisotopic (exact) mass is 891 g/mol. The fourth-order valence-corrected chi connectivity index (χ4v) is 8.70. The Kier molecular flexibility index (Phi) is 48.6. The predicted octanol–water partition coefficient (Wildman–Crippen LogP) is 18.5. The van der Waals surface area contributed by atoms with E-state index in [0.717, 1.165) is 69.6 Å². The van der Waals surface area contributed by atoms with Gasteiger partial charge in [-0.05, 0) is 31.1 Å². The topological polar surface area (TPSA) is 78.9 Å². The highest BCUT2D eigenvalue weighted by atomic mass is 16.6. The minimum atomic E-state index is -0.762. The predicted molar refractivity (Wildman–Crippen MR) is 270 cm³/mol. The summed E-state index contributed by atoms with van der Waals surface area (Å²) in [5.41, 5.74) is 0. The van der Waals surface area contributed by atoms with Crippen LogP contribution in [0.3, 0.4) is 0 Å². The molecule has 0 aliphatic heterocycles. The summed E-state index contributed by atoms with van der Waals surface area (Å²) >= 11 is 0. The normalized spacial score (nSPS) is 12.0. The number of hydrogen-bond donors (Lipinski definition) is 0. The third-order valence-corrected chi connectivity index (χ3v) is 13.0. The number of ether oxygens (including phenoxy) is 3. The minimum absolute atomic E-state index is 0.0628. The van der Waals surface area contributed by atoms with Crippen molar-refractivity contribution in [1.82, 2.24) is 0 Å². The summed E-state index contributed by atoms with van der Waals surface area (Å²) in [5.74, 6) is 0.840. The zero-order valence-electron chi connectivity index (χ0n) is 43.2. The summed E-state index contributed by atoms with van der Waals surface area (Å²) in [4.78, 5) is 38.1. The molecule has 0 aromatic rings. The van der Waals surface area contributed by atoms with Crippen LogP contribution in [-0.4, -0.2) is 37.2 Å². The van der Waals surface area contributed by atoms with Gasteiger partial charge < -0.3 is 14.2 Å². The highest BCUT2D eigenvalue weighted by molar-refractivity contribution is 5.71. The summed E-state index contributed by atoms with van der Waals surface area (Å²) in [5, 5.41) is 0. The SMILES string of the molecule is CCCCCCCCCCCCCCC(=O)OC[C@H](COC(=O)CCCCCCCCCCCCCCCCCC(C)C)OC(=O)CCCCCCCCCCCCCCC(C)C. The Morgan fingerprint density at radius 1 is 0.302 bits per heavy atom. The first-order valence-corrected chi connectivity index (χ1v) is 28.2. The van der Waals surface area contributed by atoms with E-state index in [-0.39, 0.29) is 31.1 Å². The lowest BCUT2D eigenvalue weighted by Gasteiger charge is -2.18. The van der Waals surface area contributed by atoms with Crippen molar-refractivity contribution in [1.29, 1.82) is 0 Å². The van der Waals surface area contributed by atoms with E-state index in [1.807, 2.05) is 0 Å². The largest absolute Gasteiger partial charge is 0.462 e. The molecule has 6 heteroatoms. The molecule has 1 atom stereocenters. The van der Waals surface area contributed by atoms with Crippen LogP contribution in [0.4, 0.5) is 0 Å². The number of hydrogen-bond acceptors (Lipinski definition) is 6. The van der Waals surface area contributed by atoms with Gasteiger partial charge in [0.25, 0.3) is 0 Å². The number of unbranched alkanes of at least 4 members (excludes halogenated alkanes) is 36. The van der Waals surface area contributed by atoms with Crippen molar-refractivity contribution >= 4 is 17.9 Å². The van der Waals surface area contributed by atoms with Crippen LogP contribution >= 0.6 is 0 Å². The van der Waals surface area contributed by atoms with Gasteiger partial charge in [0.05, 0.1) is 0 Å². The molecule has 6 nitrogen and oxygen atoms in total. The molecule has 0 bridgehead atoms. The van der Waals surface area contributed by atoms with E-state index < -0.39 is 6.10 Å². The Hall–Kier alpha value is -1.59. The average Bonchev–Trinajstić information content (AvgIpc) is 3.25.